The summed E-state index contributed by atoms with van der Waals surface area (Å²) in [6, 6.07) is 3.15. The molecule has 1 aromatic rings. The van der Waals surface area contributed by atoms with E-state index in [2.05, 4.69) is 5.32 Å². The van der Waals surface area contributed by atoms with Crippen molar-refractivity contribution in [3.63, 3.8) is 0 Å². The third-order valence-electron chi connectivity index (χ3n) is 1.86. The van der Waals surface area contributed by atoms with Crippen LogP contribution in [0.2, 0.25) is 0 Å². The summed E-state index contributed by atoms with van der Waals surface area (Å²) < 4.78 is 25.6. The summed E-state index contributed by atoms with van der Waals surface area (Å²) in [6.07, 6.45) is 0. The van der Waals surface area contributed by atoms with E-state index in [9.17, 15) is 13.6 Å². The van der Waals surface area contributed by atoms with E-state index in [1.807, 2.05) is 0 Å². The van der Waals surface area contributed by atoms with Crippen molar-refractivity contribution in [2.24, 2.45) is 0 Å². The third-order valence-corrected chi connectivity index (χ3v) is 1.86. The number of nitrogens with one attached hydrogen (secondary N) is 1. The van der Waals surface area contributed by atoms with E-state index < -0.39 is 11.6 Å². The molecule has 3 nitrogen and oxygen atoms in total. The molecule has 0 spiro atoms. The van der Waals surface area contributed by atoms with Crippen molar-refractivity contribution < 1.29 is 13.6 Å². The highest BCUT2D eigenvalue weighted by atomic mass is 19.1. The number of nitrogens with zero attached hydrogens (tertiary/aromatic N) is 1. The Morgan fingerprint density at radius 1 is 1.40 bits per heavy atom. The minimum Gasteiger partial charge on any atom is -0.374 e. The smallest absolute Gasteiger partial charge is 0.241 e. The van der Waals surface area contributed by atoms with E-state index in [-0.39, 0.29) is 18.1 Å². The van der Waals surface area contributed by atoms with Crippen LogP contribution in [0.1, 0.15) is 0 Å². The largest absolute Gasteiger partial charge is 0.374 e. The van der Waals surface area contributed by atoms with Crippen molar-refractivity contribution in [3.05, 3.63) is 29.8 Å². The Bertz CT molecular complexity index is 366. The van der Waals surface area contributed by atoms with Gasteiger partial charge in [0, 0.05) is 20.2 Å². The first kappa shape index (κ1) is 11.4. The van der Waals surface area contributed by atoms with Crippen LogP contribution >= 0.6 is 0 Å². The predicted octanol–water partition coefficient (Wildman–Crippen LogP) is 1.46. The van der Waals surface area contributed by atoms with E-state index in [1.54, 1.807) is 14.1 Å². The Balaban J connectivity index is 2.62. The van der Waals surface area contributed by atoms with Crippen LogP contribution in [0, 0.1) is 11.6 Å². The zero-order valence-electron chi connectivity index (χ0n) is 8.55. The van der Waals surface area contributed by atoms with Gasteiger partial charge in [0.2, 0.25) is 5.91 Å². The van der Waals surface area contributed by atoms with Crippen LogP contribution in [0.3, 0.4) is 0 Å². The lowest BCUT2D eigenvalue weighted by atomic mass is 10.3. The molecule has 0 radical (unpaired) electrons. The van der Waals surface area contributed by atoms with Gasteiger partial charge in [-0.15, -0.1) is 0 Å². The Labute approximate surface area is 86.7 Å². The normalized spacial score (nSPS) is 9.87. The van der Waals surface area contributed by atoms with Gasteiger partial charge in [-0.3, -0.25) is 4.79 Å². The Kier molecular flexibility index (Phi) is 3.60. The molecule has 0 aliphatic rings. The van der Waals surface area contributed by atoms with Crippen molar-refractivity contribution >= 4 is 11.6 Å². The monoisotopic (exact) mass is 214 g/mol. The molecule has 0 bridgehead atoms. The number of hydrogen-bond acceptors (Lipinski definition) is 2. The lowest BCUT2D eigenvalue weighted by molar-refractivity contribution is -0.126. The standard InChI is InChI=1S/C10H12F2N2O/c1-14(2)10(15)6-13-9-4-3-7(11)5-8(9)12/h3-5,13H,6H2,1-2H3. The Morgan fingerprint density at radius 3 is 2.60 bits per heavy atom. The van der Waals surface area contributed by atoms with Gasteiger partial charge in [0.15, 0.2) is 0 Å². The van der Waals surface area contributed by atoms with Gasteiger partial charge in [0.25, 0.3) is 0 Å². The molecule has 0 aromatic heterocycles. The number of amides is 1. The fourth-order valence-corrected chi connectivity index (χ4v) is 0.962. The number of likely N-dealkylation sites (N-methyl/N-ethyl adjacent to an activating group) is 1. The Morgan fingerprint density at radius 2 is 2.07 bits per heavy atom. The second kappa shape index (κ2) is 4.72. The third kappa shape index (κ3) is 3.19. The molecular formula is C10H12F2N2O. The van der Waals surface area contributed by atoms with Crippen molar-refractivity contribution in [2.45, 2.75) is 0 Å². The zero-order chi connectivity index (χ0) is 11.4. The van der Waals surface area contributed by atoms with Crippen LogP contribution in [-0.4, -0.2) is 31.4 Å². The van der Waals surface area contributed by atoms with Crippen LogP contribution in [0.4, 0.5) is 14.5 Å². The van der Waals surface area contributed by atoms with Crippen molar-refractivity contribution in [1.82, 2.24) is 4.90 Å². The fourth-order valence-electron chi connectivity index (χ4n) is 0.962. The quantitative estimate of drug-likeness (QED) is 0.826. The molecule has 1 N–H and O–H groups in total. The van der Waals surface area contributed by atoms with Crippen molar-refractivity contribution in [2.75, 3.05) is 26.0 Å². The maximum atomic E-state index is 13.1. The minimum absolute atomic E-state index is 0.0183. The second-order valence-electron chi connectivity index (χ2n) is 3.27. The molecule has 5 heteroatoms. The van der Waals surface area contributed by atoms with Crippen molar-refractivity contribution in [1.29, 1.82) is 0 Å². The molecule has 1 amide bonds. The molecule has 0 saturated heterocycles. The molecule has 0 unspecified atom stereocenters. The van der Waals surface area contributed by atoms with Gasteiger partial charge in [-0.1, -0.05) is 0 Å². The molecule has 0 aliphatic heterocycles. The number of carbonyl (C=O) groups excluding carboxylic acids is 1. The maximum absolute atomic E-state index is 13.1. The first-order valence-corrected chi connectivity index (χ1v) is 4.40. The highest BCUT2D eigenvalue weighted by Crippen LogP contribution is 2.14. The van der Waals surface area contributed by atoms with Gasteiger partial charge in [-0.05, 0) is 12.1 Å². The number of benzene rings is 1. The zero-order valence-corrected chi connectivity index (χ0v) is 8.55. The van der Waals surface area contributed by atoms with Gasteiger partial charge < -0.3 is 10.2 Å². The van der Waals surface area contributed by atoms with Gasteiger partial charge >= 0.3 is 0 Å². The molecule has 0 atom stereocenters. The molecule has 0 saturated carbocycles. The summed E-state index contributed by atoms with van der Waals surface area (Å²) in [4.78, 5) is 12.5. The number of halogens is 2. The average molecular weight is 214 g/mol. The molecule has 1 rings (SSSR count). The summed E-state index contributed by atoms with van der Waals surface area (Å²) in [5, 5.41) is 2.59. The molecular weight excluding hydrogens is 202 g/mol. The lowest BCUT2D eigenvalue weighted by Crippen LogP contribution is -2.28. The lowest BCUT2D eigenvalue weighted by Gasteiger charge is -2.12. The van der Waals surface area contributed by atoms with Crippen LogP contribution in [-0.2, 0) is 4.79 Å². The van der Waals surface area contributed by atoms with E-state index in [4.69, 9.17) is 0 Å². The maximum Gasteiger partial charge on any atom is 0.241 e. The topological polar surface area (TPSA) is 32.3 Å². The number of hydrogen-bond donors (Lipinski definition) is 1. The van der Waals surface area contributed by atoms with Crippen LogP contribution in [0.15, 0.2) is 18.2 Å². The summed E-state index contributed by atoms with van der Waals surface area (Å²) in [5.41, 5.74) is 0.117. The second-order valence-corrected chi connectivity index (χ2v) is 3.27. The van der Waals surface area contributed by atoms with Gasteiger partial charge in [-0.25, -0.2) is 8.78 Å². The summed E-state index contributed by atoms with van der Waals surface area (Å²) >= 11 is 0. The van der Waals surface area contributed by atoms with Crippen molar-refractivity contribution in [3.8, 4) is 0 Å². The SMILES string of the molecule is CN(C)C(=O)CNc1ccc(F)cc1F. The van der Waals surface area contributed by atoms with E-state index in [0.29, 0.717) is 0 Å². The minimum atomic E-state index is -0.707. The van der Waals surface area contributed by atoms with Crippen LogP contribution < -0.4 is 5.32 Å². The first-order valence-electron chi connectivity index (χ1n) is 4.40. The Hall–Kier alpha value is -1.65. The molecule has 0 heterocycles. The summed E-state index contributed by atoms with van der Waals surface area (Å²) in [7, 11) is 3.20. The average Bonchev–Trinajstić information content (AvgIpc) is 2.15. The van der Waals surface area contributed by atoms with Crippen LogP contribution in [0.5, 0.6) is 0 Å². The van der Waals surface area contributed by atoms with E-state index >= 15 is 0 Å². The molecule has 15 heavy (non-hydrogen) atoms. The highest BCUT2D eigenvalue weighted by molar-refractivity contribution is 5.80. The predicted molar refractivity (Wildman–Crippen MR) is 53.5 cm³/mol. The fraction of sp³-hybridized carbons (Fsp3) is 0.300. The number of anilines is 1. The number of carbonyl (C=O) groups is 1. The first-order chi connectivity index (χ1) is 7.00. The number of rotatable bonds is 3. The highest BCUT2D eigenvalue weighted by Gasteiger charge is 2.06. The molecule has 0 fully saturated rings. The summed E-state index contributed by atoms with van der Waals surface area (Å²) in [6.45, 7) is -0.0183. The van der Waals surface area contributed by atoms with Gasteiger partial charge in [0.1, 0.15) is 11.6 Å². The van der Waals surface area contributed by atoms with Gasteiger partial charge in [-0.2, -0.15) is 0 Å². The van der Waals surface area contributed by atoms with E-state index in [1.165, 1.54) is 11.0 Å². The van der Waals surface area contributed by atoms with Crippen LogP contribution in [0.25, 0.3) is 0 Å². The van der Waals surface area contributed by atoms with Gasteiger partial charge in [0.05, 0.1) is 12.2 Å². The summed E-state index contributed by atoms with van der Waals surface area (Å²) in [5.74, 6) is -1.53. The van der Waals surface area contributed by atoms with E-state index in [0.717, 1.165) is 12.1 Å². The molecule has 0 aliphatic carbocycles. The molecule has 1 aromatic carbocycles. The molecule has 82 valence electrons.